The van der Waals surface area contributed by atoms with Crippen LogP contribution in [0.25, 0.3) is 0 Å². The molecule has 6 heteroatoms. The second kappa shape index (κ2) is 5.63. The molecule has 0 unspecified atom stereocenters. The number of sulfone groups is 1. The number of anilines is 1. The van der Waals surface area contributed by atoms with Gasteiger partial charge in [-0.05, 0) is 29.6 Å². The number of nitrogens with two attached hydrogens (primary N) is 1. The van der Waals surface area contributed by atoms with E-state index in [1.165, 1.54) is 17.0 Å². The Hall–Kier alpha value is -1.53. The number of rotatable bonds is 5. The predicted octanol–water partition coefficient (Wildman–Crippen LogP) is 2.36. The molecule has 2 aromatic rings. The Balaban J connectivity index is 2.01. The van der Waals surface area contributed by atoms with Gasteiger partial charge >= 0.3 is 0 Å². The third-order valence-corrected chi connectivity index (χ3v) is 4.64. The van der Waals surface area contributed by atoms with Crippen LogP contribution in [0.3, 0.4) is 0 Å². The molecule has 0 fully saturated rings. The van der Waals surface area contributed by atoms with Gasteiger partial charge in [0.15, 0.2) is 9.84 Å². The summed E-state index contributed by atoms with van der Waals surface area (Å²) in [5.74, 6) is 0.518. The van der Waals surface area contributed by atoms with Crippen molar-refractivity contribution in [2.75, 3.05) is 18.6 Å². The van der Waals surface area contributed by atoms with Crippen LogP contribution in [-0.4, -0.2) is 21.3 Å². The van der Waals surface area contributed by atoms with Crippen LogP contribution < -0.4 is 10.5 Å². The van der Waals surface area contributed by atoms with Crippen molar-refractivity contribution in [3.8, 4) is 5.75 Å². The summed E-state index contributed by atoms with van der Waals surface area (Å²) >= 11 is 1.68. The van der Waals surface area contributed by atoms with E-state index in [1.807, 2.05) is 17.5 Å². The van der Waals surface area contributed by atoms with Crippen LogP contribution in [0.1, 0.15) is 4.88 Å². The molecule has 0 spiro atoms. The summed E-state index contributed by atoms with van der Waals surface area (Å²) in [7, 11) is -3.23. The molecule has 0 saturated heterocycles. The Morgan fingerprint density at radius 2 is 2.11 bits per heavy atom. The molecular weight excluding hydrogens is 282 g/mol. The van der Waals surface area contributed by atoms with Gasteiger partial charge in [-0.15, -0.1) is 11.3 Å². The Morgan fingerprint density at radius 1 is 1.32 bits per heavy atom. The van der Waals surface area contributed by atoms with Crippen molar-refractivity contribution in [3.63, 3.8) is 0 Å². The van der Waals surface area contributed by atoms with Crippen molar-refractivity contribution in [2.45, 2.75) is 11.3 Å². The van der Waals surface area contributed by atoms with E-state index < -0.39 is 9.84 Å². The molecule has 102 valence electrons. The average molecular weight is 297 g/mol. The molecule has 0 atom stereocenters. The summed E-state index contributed by atoms with van der Waals surface area (Å²) in [4.78, 5) is 1.45. The molecule has 1 aromatic heterocycles. The van der Waals surface area contributed by atoms with Gasteiger partial charge in [0.25, 0.3) is 0 Å². The smallest absolute Gasteiger partial charge is 0.175 e. The maximum Gasteiger partial charge on any atom is 0.175 e. The van der Waals surface area contributed by atoms with Gasteiger partial charge in [0.2, 0.25) is 0 Å². The highest BCUT2D eigenvalue weighted by Gasteiger charge is 2.10. The van der Waals surface area contributed by atoms with Crippen LogP contribution in [0.4, 0.5) is 5.69 Å². The van der Waals surface area contributed by atoms with Crippen molar-refractivity contribution >= 4 is 26.9 Å². The van der Waals surface area contributed by atoms with E-state index in [0.717, 1.165) is 12.7 Å². The van der Waals surface area contributed by atoms with Crippen LogP contribution in [0, 0.1) is 0 Å². The van der Waals surface area contributed by atoms with E-state index in [0.29, 0.717) is 18.0 Å². The van der Waals surface area contributed by atoms with Gasteiger partial charge in [0, 0.05) is 17.6 Å². The molecule has 4 nitrogen and oxygen atoms in total. The first-order valence-electron chi connectivity index (χ1n) is 5.71. The third kappa shape index (κ3) is 3.71. The zero-order valence-corrected chi connectivity index (χ0v) is 12.1. The second-order valence-corrected chi connectivity index (χ2v) is 7.20. The number of hydrogen-bond acceptors (Lipinski definition) is 5. The van der Waals surface area contributed by atoms with Gasteiger partial charge in [0.05, 0.1) is 17.2 Å². The fourth-order valence-electron chi connectivity index (χ4n) is 1.61. The van der Waals surface area contributed by atoms with Gasteiger partial charge < -0.3 is 10.5 Å². The molecule has 0 aliphatic heterocycles. The molecule has 1 heterocycles. The minimum atomic E-state index is -3.23. The zero-order valence-electron chi connectivity index (χ0n) is 10.5. The summed E-state index contributed by atoms with van der Waals surface area (Å²) in [6.07, 6.45) is 1.96. The van der Waals surface area contributed by atoms with E-state index in [4.69, 9.17) is 10.5 Å². The minimum absolute atomic E-state index is 0.204. The van der Waals surface area contributed by atoms with E-state index in [1.54, 1.807) is 17.4 Å². The highest BCUT2D eigenvalue weighted by atomic mass is 32.2. The Bertz CT molecular complexity index is 649. The standard InChI is InChI=1S/C13H15NO3S2/c1-19(15,16)11-4-5-13(12(14)9-11)17-7-6-10-3-2-8-18-10/h2-5,8-9H,6-7,14H2,1H3. The summed E-state index contributed by atoms with van der Waals surface area (Å²) in [6, 6.07) is 8.57. The molecule has 1 aromatic carbocycles. The van der Waals surface area contributed by atoms with Crippen molar-refractivity contribution in [2.24, 2.45) is 0 Å². The zero-order chi connectivity index (χ0) is 13.9. The van der Waals surface area contributed by atoms with Crippen molar-refractivity contribution in [3.05, 3.63) is 40.6 Å². The maximum absolute atomic E-state index is 11.4. The summed E-state index contributed by atoms with van der Waals surface area (Å²) in [6.45, 7) is 0.517. The number of nitrogen functional groups attached to an aromatic ring is 1. The Kier molecular flexibility index (Phi) is 4.11. The molecule has 2 rings (SSSR count). The van der Waals surface area contributed by atoms with Crippen LogP contribution in [0.5, 0.6) is 5.75 Å². The summed E-state index contributed by atoms with van der Waals surface area (Å²) in [5.41, 5.74) is 6.13. The number of hydrogen-bond donors (Lipinski definition) is 1. The highest BCUT2D eigenvalue weighted by molar-refractivity contribution is 7.90. The molecule has 0 bridgehead atoms. The Labute approximate surface area is 116 Å². The second-order valence-electron chi connectivity index (χ2n) is 4.15. The monoisotopic (exact) mass is 297 g/mol. The molecule has 0 amide bonds. The fraction of sp³-hybridized carbons (Fsp3) is 0.231. The van der Waals surface area contributed by atoms with E-state index in [-0.39, 0.29) is 4.90 Å². The van der Waals surface area contributed by atoms with Crippen molar-refractivity contribution < 1.29 is 13.2 Å². The van der Waals surface area contributed by atoms with Gasteiger partial charge in [-0.1, -0.05) is 6.07 Å². The van der Waals surface area contributed by atoms with Crippen LogP contribution in [0.2, 0.25) is 0 Å². The van der Waals surface area contributed by atoms with Crippen LogP contribution in [-0.2, 0) is 16.3 Å². The molecule has 0 radical (unpaired) electrons. The predicted molar refractivity (Wildman–Crippen MR) is 77.5 cm³/mol. The van der Waals surface area contributed by atoms with Crippen molar-refractivity contribution in [1.82, 2.24) is 0 Å². The topological polar surface area (TPSA) is 69.4 Å². The molecule has 0 aliphatic rings. The lowest BCUT2D eigenvalue weighted by Gasteiger charge is -2.09. The summed E-state index contributed by atoms with van der Waals surface area (Å²) in [5, 5.41) is 2.02. The van der Waals surface area contributed by atoms with Gasteiger partial charge in [-0.3, -0.25) is 0 Å². The first kappa shape index (κ1) is 13.9. The first-order valence-corrected chi connectivity index (χ1v) is 8.49. The first-order chi connectivity index (χ1) is 8.97. The van der Waals surface area contributed by atoms with E-state index in [2.05, 4.69) is 0 Å². The van der Waals surface area contributed by atoms with Crippen LogP contribution in [0.15, 0.2) is 40.6 Å². The minimum Gasteiger partial charge on any atom is -0.491 e. The lowest BCUT2D eigenvalue weighted by molar-refractivity contribution is 0.324. The summed E-state index contributed by atoms with van der Waals surface area (Å²) < 4.78 is 28.3. The fourth-order valence-corrected chi connectivity index (χ4v) is 2.95. The largest absolute Gasteiger partial charge is 0.491 e. The SMILES string of the molecule is CS(=O)(=O)c1ccc(OCCc2cccs2)c(N)c1. The van der Waals surface area contributed by atoms with E-state index in [9.17, 15) is 8.42 Å². The molecule has 2 N–H and O–H groups in total. The average Bonchev–Trinajstić information content (AvgIpc) is 2.83. The lowest BCUT2D eigenvalue weighted by Crippen LogP contribution is -2.04. The molecular formula is C13H15NO3S2. The lowest BCUT2D eigenvalue weighted by atomic mass is 10.3. The molecule has 0 saturated carbocycles. The van der Waals surface area contributed by atoms with Gasteiger partial charge in [-0.2, -0.15) is 0 Å². The number of benzene rings is 1. The third-order valence-electron chi connectivity index (χ3n) is 2.60. The van der Waals surface area contributed by atoms with Crippen LogP contribution >= 0.6 is 11.3 Å². The van der Waals surface area contributed by atoms with Crippen molar-refractivity contribution in [1.29, 1.82) is 0 Å². The van der Waals surface area contributed by atoms with E-state index >= 15 is 0 Å². The quantitative estimate of drug-likeness (QED) is 0.860. The molecule has 19 heavy (non-hydrogen) atoms. The maximum atomic E-state index is 11.4. The molecule has 0 aliphatic carbocycles. The normalized spacial score (nSPS) is 11.4. The highest BCUT2D eigenvalue weighted by Crippen LogP contribution is 2.25. The van der Waals surface area contributed by atoms with Gasteiger partial charge in [0.1, 0.15) is 5.75 Å². The Morgan fingerprint density at radius 3 is 2.68 bits per heavy atom. The number of ether oxygens (including phenoxy) is 1. The van der Waals surface area contributed by atoms with Gasteiger partial charge in [-0.25, -0.2) is 8.42 Å². The number of thiophene rings is 1.